The fourth-order valence-corrected chi connectivity index (χ4v) is 6.22. The molecule has 0 aromatic heterocycles. The molecule has 227 valence electrons. The zero-order valence-electron chi connectivity index (χ0n) is 25.4. The summed E-state index contributed by atoms with van der Waals surface area (Å²) in [4.78, 5) is 39.2. The van der Waals surface area contributed by atoms with Crippen LogP contribution >= 0.6 is 0 Å². The van der Waals surface area contributed by atoms with Gasteiger partial charge in [-0.2, -0.15) is 0 Å². The second-order valence-electron chi connectivity index (χ2n) is 11.7. The molecular formula is C31H39N2O9. The Hall–Kier alpha value is -3.83. The largest absolute Gasteiger partial charge is 0.493 e. The molecule has 1 aliphatic heterocycles. The molecule has 2 aromatic carbocycles. The van der Waals surface area contributed by atoms with E-state index in [1.54, 1.807) is 39.8 Å². The predicted molar refractivity (Wildman–Crippen MR) is 153 cm³/mol. The standard InChI is InChI=1S/C31H39N2O9/c1-30(2)15-20(31(3,4)33(30)37)29(36)42-16-25(35)32-21-11-9-17-13-24(39-6)27(40-7)28(41-8)26(17)18-10-12-23(38-5)22(34)14-19(18)21/h10,12-14,20-21H,9,11,15-16H2,1-8H3,(H,32,35)/t20-,21-/m0/s1. The minimum atomic E-state index is -0.970. The number of hydrogen-bond acceptors (Lipinski definition) is 9. The first kappa shape index (κ1) is 31.1. The van der Waals surface area contributed by atoms with E-state index >= 15 is 0 Å². The van der Waals surface area contributed by atoms with Crippen LogP contribution in [0.25, 0.3) is 11.1 Å². The zero-order valence-corrected chi connectivity index (χ0v) is 25.4. The number of hydrogen-bond donors (Lipinski definition) is 1. The van der Waals surface area contributed by atoms with Crippen LogP contribution in [-0.2, 0) is 26.0 Å². The molecule has 0 bridgehead atoms. The Morgan fingerprint density at radius 1 is 0.952 bits per heavy atom. The highest BCUT2D eigenvalue weighted by Crippen LogP contribution is 2.50. The molecule has 1 aliphatic carbocycles. The first-order chi connectivity index (χ1) is 19.8. The van der Waals surface area contributed by atoms with Crippen molar-refractivity contribution in [1.29, 1.82) is 0 Å². The minimum absolute atomic E-state index is 0.137. The van der Waals surface area contributed by atoms with Gasteiger partial charge >= 0.3 is 5.97 Å². The van der Waals surface area contributed by atoms with E-state index in [9.17, 15) is 19.6 Å². The fourth-order valence-electron chi connectivity index (χ4n) is 6.22. The Kier molecular flexibility index (Phi) is 8.75. The third-order valence-electron chi connectivity index (χ3n) is 8.32. The van der Waals surface area contributed by atoms with Gasteiger partial charge in [-0.05, 0) is 81.8 Å². The van der Waals surface area contributed by atoms with Gasteiger partial charge < -0.3 is 29.0 Å². The van der Waals surface area contributed by atoms with Gasteiger partial charge in [-0.3, -0.25) is 14.4 Å². The summed E-state index contributed by atoms with van der Waals surface area (Å²) >= 11 is 0. The summed E-state index contributed by atoms with van der Waals surface area (Å²) in [5.74, 6) is -0.364. The SMILES string of the molecule is COc1cc2c(c(OC)c1OC)-c1ccc(OC)c(=O)cc1[C@@H](NC(=O)COC(=O)[C@@H]1CC(C)(C)N([O])C1(C)C)CC2. The maximum absolute atomic E-state index is 13.2. The normalized spacial score (nSPS) is 20.4. The minimum Gasteiger partial charge on any atom is -0.493 e. The Balaban J connectivity index is 1.67. The lowest BCUT2D eigenvalue weighted by molar-refractivity contribution is -0.248. The zero-order chi connectivity index (χ0) is 31.0. The molecule has 42 heavy (non-hydrogen) atoms. The number of fused-ring (bicyclic) bond motifs is 3. The number of rotatable bonds is 8. The Morgan fingerprint density at radius 3 is 2.19 bits per heavy atom. The van der Waals surface area contributed by atoms with Crippen molar-refractivity contribution < 1.29 is 38.5 Å². The van der Waals surface area contributed by atoms with E-state index in [0.717, 1.165) is 10.6 Å². The molecule has 0 spiro atoms. The van der Waals surface area contributed by atoms with Crippen LogP contribution in [0.15, 0.2) is 29.1 Å². The fraction of sp³-hybridized carbons (Fsp3) is 0.516. The molecule has 2 aliphatic rings. The van der Waals surface area contributed by atoms with E-state index in [2.05, 4.69) is 5.32 Å². The van der Waals surface area contributed by atoms with Crippen LogP contribution in [0.2, 0.25) is 0 Å². The monoisotopic (exact) mass is 583 g/mol. The van der Waals surface area contributed by atoms with Gasteiger partial charge in [0.05, 0.1) is 45.9 Å². The van der Waals surface area contributed by atoms with Gasteiger partial charge in [0.1, 0.15) is 0 Å². The number of carbonyl (C=O) groups is 2. The maximum atomic E-state index is 13.2. The molecule has 11 heteroatoms. The van der Waals surface area contributed by atoms with E-state index in [0.29, 0.717) is 53.2 Å². The van der Waals surface area contributed by atoms with Crippen molar-refractivity contribution in [3.63, 3.8) is 0 Å². The second-order valence-corrected chi connectivity index (χ2v) is 11.7. The molecule has 11 nitrogen and oxygen atoms in total. The molecule has 0 unspecified atom stereocenters. The summed E-state index contributed by atoms with van der Waals surface area (Å²) in [7, 11) is 5.99. The van der Waals surface area contributed by atoms with Crippen LogP contribution in [0.3, 0.4) is 0 Å². The highest BCUT2D eigenvalue weighted by atomic mass is 16.5. The van der Waals surface area contributed by atoms with Crippen molar-refractivity contribution in [3.8, 4) is 34.1 Å². The molecule has 1 heterocycles. The number of nitrogens with one attached hydrogen (secondary N) is 1. The number of benzene rings is 1. The first-order valence-corrected chi connectivity index (χ1v) is 13.8. The van der Waals surface area contributed by atoms with Gasteiger partial charge in [0.15, 0.2) is 23.9 Å². The summed E-state index contributed by atoms with van der Waals surface area (Å²) in [6, 6.07) is 6.04. The molecule has 2 atom stereocenters. The average molecular weight is 584 g/mol. The third kappa shape index (κ3) is 5.50. The van der Waals surface area contributed by atoms with E-state index in [-0.39, 0.29) is 11.2 Å². The van der Waals surface area contributed by atoms with Gasteiger partial charge in [-0.15, -0.1) is 10.3 Å². The number of amides is 1. The Labute approximate surface area is 245 Å². The molecule has 1 radical (unpaired) electrons. The van der Waals surface area contributed by atoms with Crippen molar-refractivity contribution in [1.82, 2.24) is 10.4 Å². The lowest BCUT2D eigenvalue weighted by Gasteiger charge is -2.32. The van der Waals surface area contributed by atoms with Gasteiger partial charge in [-0.1, -0.05) is 6.07 Å². The van der Waals surface area contributed by atoms with Crippen LogP contribution in [0, 0.1) is 5.92 Å². The van der Waals surface area contributed by atoms with Crippen molar-refractivity contribution in [3.05, 3.63) is 45.6 Å². The smallest absolute Gasteiger partial charge is 0.311 e. The molecule has 0 saturated carbocycles. The number of nitrogens with zero attached hydrogens (tertiary/aromatic N) is 1. The van der Waals surface area contributed by atoms with Gasteiger partial charge in [-0.25, -0.2) is 0 Å². The van der Waals surface area contributed by atoms with Crippen LogP contribution in [0.5, 0.6) is 23.0 Å². The lowest BCUT2D eigenvalue weighted by Crippen LogP contribution is -2.47. The number of esters is 1. The van der Waals surface area contributed by atoms with Crippen molar-refractivity contribution in [2.75, 3.05) is 35.0 Å². The molecule has 1 saturated heterocycles. The summed E-state index contributed by atoms with van der Waals surface area (Å²) in [6.07, 6.45) is 1.25. The van der Waals surface area contributed by atoms with Gasteiger partial charge in [0.25, 0.3) is 5.91 Å². The second kappa shape index (κ2) is 11.8. The van der Waals surface area contributed by atoms with Crippen LogP contribution in [0.4, 0.5) is 0 Å². The number of hydroxylamine groups is 2. The number of aryl methyl sites for hydroxylation is 1. The highest BCUT2D eigenvalue weighted by Gasteiger charge is 2.56. The van der Waals surface area contributed by atoms with Gasteiger partial charge in [0.2, 0.25) is 11.2 Å². The van der Waals surface area contributed by atoms with E-state index < -0.39 is 41.5 Å². The van der Waals surface area contributed by atoms with Crippen molar-refractivity contribution >= 4 is 11.9 Å². The molecule has 1 amide bonds. The lowest BCUT2D eigenvalue weighted by atomic mass is 9.87. The molecule has 1 N–H and O–H groups in total. The molecule has 2 aromatic rings. The Bertz CT molecular complexity index is 1440. The Morgan fingerprint density at radius 2 is 1.62 bits per heavy atom. The predicted octanol–water partition coefficient (Wildman–Crippen LogP) is 3.62. The van der Waals surface area contributed by atoms with Crippen LogP contribution in [-0.4, -0.2) is 63.1 Å². The molecular weight excluding hydrogens is 544 g/mol. The van der Waals surface area contributed by atoms with Gasteiger partial charge in [0, 0.05) is 11.1 Å². The molecule has 4 rings (SSSR count). The third-order valence-corrected chi connectivity index (χ3v) is 8.32. The van der Waals surface area contributed by atoms with Crippen molar-refractivity contribution in [2.24, 2.45) is 5.92 Å². The van der Waals surface area contributed by atoms with E-state index in [1.165, 1.54) is 34.5 Å². The quantitative estimate of drug-likeness (QED) is 0.463. The summed E-state index contributed by atoms with van der Waals surface area (Å²) in [5, 5.41) is 16.6. The number of methoxy groups -OCH3 is 4. The van der Waals surface area contributed by atoms with E-state index in [1.807, 2.05) is 6.07 Å². The topological polar surface area (TPSA) is 133 Å². The summed E-state index contributed by atoms with van der Waals surface area (Å²) in [5.41, 5.74) is 0.719. The number of carbonyl (C=O) groups excluding carboxylic acids is 2. The van der Waals surface area contributed by atoms with Crippen LogP contribution in [0.1, 0.15) is 57.7 Å². The number of ether oxygens (including phenoxy) is 5. The average Bonchev–Trinajstić information content (AvgIpc) is 3.10. The van der Waals surface area contributed by atoms with Crippen LogP contribution < -0.4 is 29.7 Å². The maximum Gasteiger partial charge on any atom is 0.311 e. The summed E-state index contributed by atoms with van der Waals surface area (Å²) in [6.45, 7) is 6.44. The molecule has 1 fully saturated rings. The van der Waals surface area contributed by atoms with Crippen molar-refractivity contribution in [2.45, 2.75) is 64.1 Å². The van der Waals surface area contributed by atoms with E-state index in [4.69, 9.17) is 23.7 Å². The summed E-state index contributed by atoms with van der Waals surface area (Å²) < 4.78 is 27.7. The first-order valence-electron chi connectivity index (χ1n) is 13.8. The highest BCUT2D eigenvalue weighted by molar-refractivity contribution is 5.85.